The molecular weight excluding hydrogens is 438 g/mol. The fourth-order valence-corrected chi connectivity index (χ4v) is 3.95. The molecule has 2 aromatic heterocycles. The number of amides is 1. The molecule has 4 aromatic rings. The number of anilines is 1. The number of nitro groups is 1. The Kier molecular flexibility index (Phi) is 5.64. The van der Waals surface area contributed by atoms with E-state index < -0.39 is 10.8 Å². The third kappa shape index (κ3) is 4.25. The highest BCUT2D eigenvalue weighted by molar-refractivity contribution is 7.80. The second-order valence-corrected chi connectivity index (χ2v) is 7.70. The first-order valence-electron chi connectivity index (χ1n) is 9.13. The van der Waals surface area contributed by atoms with E-state index in [-0.39, 0.29) is 16.4 Å². The minimum atomic E-state index is -0.665. The SMILES string of the molecule is CCc1nnc2sc(-c3cccc(NC(=S)NC(=O)c4ccccc4[N+](=O)[O-])c3)nn12. The highest BCUT2D eigenvalue weighted by Gasteiger charge is 2.20. The van der Waals surface area contributed by atoms with Gasteiger partial charge in [0, 0.05) is 23.7 Å². The first kappa shape index (κ1) is 20.5. The van der Waals surface area contributed by atoms with Crippen LogP contribution in [0.5, 0.6) is 0 Å². The third-order valence-electron chi connectivity index (χ3n) is 4.31. The molecule has 0 saturated carbocycles. The lowest BCUT2D eigenvalue weighted by Crippen LogP contribution is -2.34. The Morgan fingerprint density at radius 1 is 1.23 bits per heavy atom. The zero-order valence-electron chi connectivity index (χ0n) is 16.1. The molecule has 0 unspecified atom stereocenters. The fraction of sp³-hybridized carbons (Fsp3) is 0.105. The normalized spacial score (nSPS) is 10.7. The summed E-state index contributed by atoms with van der Waals surface area (Å²) < 4.78 is 1.72. The van der Waals surface area contributed by atoms with Crippen molar-refractivity contribution in [3.8, 4) is 10.6 Å². The fourth-order valence-electron chi connectivity index (χ4n) is 2.88. The lowest BCUT2D eigenvalue weighted by molar-refractivity contribution is -0.385. The Balaban J connectivity index is 1.49. The molecule has 0 radical (unpaired) electrons. The average Bonchev–Trinajstić information content (AvgIpc) is 3.34. The number of aromatic nitrogens is 4. The van der Waals surface area contributed by atoms with Crippen LogP contribution in [0.3, 0.4) is 0 Å². The summed E-state index contributed by atoms with van der Waals surface area (Å²) in [6, 6.07) is 13.0. The van der Waals surface area contributed by atoms with Gasteiger partial charge < -0.3 is 5.32 Å². The molecule has 2 aromatic carbocycles. The molecule has 4 rings (SSSR count). The third-order valence-corrected chi connectivity index (χ3v) is 5.46. The first-order valence-corrected chi connectivity index (χ1v) is 10.4. The Hall–Kier alpha value is -3.77. The van der Waals surface area contributed by atoms with Gasteiger partial charge in [-0.25, -0.2) is 0 Å². The lowest BCUT2D eigenvalue weighted by Gasteiger charge is -2.10. The van der Waals surface area contributed by atoms with E-state index >= 15 is 0 Å². The van der Waals surface area contributed by atoms with Crippen LogP contribution in [0.2, 0.25) is 0 Å². The molecule has 0 fully saturated rings. The summed E-state index contributed by atoms with van der Waals surface area (Å²) in [5.74, 6) is 0.118. The van der Waals surface area contributed by atoms with Gasteiger partial charge in [0.25, 0.3) is 11.6 Å². The number of para-hydroxylation sites is 1. The van der Waals surface area contributed by atoms with Crippen LogP contribution in [0, 0.1) is 10.1 Å². The molecule has 10 nitrogen and oxygen atoms in total. The number of fused-ring (bicyclic) bond motifs is 1. The van der Waals surface area contributed by atoms with E-state index in [0.717, 1.165) is 22.8 Å². The molecular formula is C19H15N7O3S2. The van der Waals surface area contributed by atoms with E-state index in [9.17, 15) is 14.9 Å². The number of aryl methyl sites for hydroxylation is 1. The maximum Gasteiger partial charge on any atom is 0.282 e. The molecule has 31 heavy (non-hydrogen) atoms. The maximum absolute atomic E-state index is 12.4. The number of hydrogen-bond donors (Lipinski definition) is 2. The largest absolute Gasteiger partial charge is 0.332 e. The zero-order chi connectivity index (χ0) is 22.0. The van der Waals surface area contributed by atoms with E-state index in [1.165, 1.54) is 29.5 Å². The molecule has 2 N–H and O–H groups in total. The number of nitro benzene ring substituents is 1. The minimum Gasteiger partial charge on any atom is -0.332 e. The molecule has 12 heteroatoms. The van der Waals surface area contributed by atoms with Gasteiger partial charge in [0.2, 0.25) is 4.96 Å². The Labute approximate surface area is 185 Å². The van der Waals surface area contributed by atoms with Gasteiger partial charge in [-0.05, 0) is 30.4 Å². The van der Waals surface area contributed by atoms with Gasteiger partial charge >= 0.3 is 0 Å². The van der Waals surface area contributed by atoms with E-state index in [0.29, 0.717) is 10.6 Å². The van der Waals surface area contributed by atoms with Crippen molar-refractivity contribution in [1.82, 2.24) is 25.1 Å². The van der Waals surface area contributed by atoms with Crippen molar-refractivity contribution in [3.05, 3.63) is 70.0 Å². The predicted molar refractivity (Wildman–Crippen MR) is 120 cm³/mol. The number of carbonyl (C=O) groups is 1. The summed E-state index contributed by atoms with van der Waals surface area (Å²) >= 11 is 6.61. The van der Waals surface area contributed by atoms with Crippen molar-refractivity contribution >= 4 is 50.9 Å². The number of hydrogen-bond acceptors (Lipinski definition) is 8. The Bertz CT molecular complexity index is 1310. The van der Waals surface area contributed by atoms with Crippen LogP contribution in [0.15, 0.2) is 48.5 Å². The van der Waals surface area contributed by atoms with Crippen molar-refractivity contribution in [2.45, 2.75) is 13.3 Å². The van der Waals surface area contributed by atoms with Crippen LogP contribution < -0.4 is 10.6 Å². The molecule has 0 atom stereocenters. The van der Waals surface area contributed by atoms with E-state index in [1.807, 2.05) is 25.1 Å². The number of carbonyl (C=O) groups excluding carboxylic acids is 1. The number of rotatable bonds is 5. The molecule has 2 heterocycles. The molecule has 0 aliphatic carbocycles. The van der Waals surface area contributed by atoms with Gasteiger partial charge in [-0.1, -0.05) is 42.5 Å². The summed E-state index contributed by atoms with van der Waals surface area (Å²) in [7, 11) is 0. The van der Waals surface area contributed by atoms with Gasteiger partial charge in [0.15, 0.2) is 10.9 Å². The molecule has 156 valence electrons. The second-order valence-electron chi connectivity index (χ2n) is 6.33. The van der Waals surface area contributed by atoms with Crippen LogP contribution in [-0.4, -0.2) is 35.8 Å². The topological polar surface area (TPSA) is 127 Å². The molecule has 0 saturated heterocycles. The predicted octanol–water partition coefficient (Wildman–Crippen LogP) is 3.45. The van der Waals surface area contributed by atoms with Gasteiger partial charge in [-0.2, -0.15) is 9.61 Å². The van der Waals surface area contributed by atoms with Crippen LogP contribution in [-0.2, 0) is 6.42 Å². The summed E-state index contributed by atoms with van der Waals surface area (Å²) in [5.41, 5.74) is 1.11. The van der Waals surface area contributed by atoms with Gasteiger partial charge in [0.1, 0.15) is 10.6 Å². The molecule has 0 aliphatic heterocycles. The van der Waals surface area contributed by atoms with E-state index in [2.05, 4.69) is 25.9 Å². The number of thiocarbonyl (C=S) groups is 1. The first-order chi connectivity index (χ1) is 15.0. The summed E-state index contributed by atoms with van der Waals surface area (Å²) in [4.78, 5) is 23.6. The Morgan fingerprint density at radius 3 is 2.81 bits per heavy atom. The second kappa shape index (κ2) is 8.53. The average molecular weight is 454 g/mol. The highest BCUT2D eigenvalue weighted by Crippen LogP contribution is 2.27. The van der Waals surface area contributed by atoms with Crippen molar-refractivity contribution < 1.29 is 9.72 Å². The Morgan fingerprint density at radius 2 is 2.03 bits per heavy atom. The van der Waals surface area contributed by atoms with Gasteiger partial charge in [0.05, 0.1) is 4.92 Å². The maximum atomic E-state index is 12.4. The van der Waals surface area contributed by atoms with Gasteiger partial charge in [-0.15, -0.1) is 10.2 Å². The van der Waals surface area contributed by atoms with Crippen molar-refractivity contribution in [3.63, 3.8) is 0 Å². The van der Waals surface area contributed by atoms with E-state index in [4.69, 9.17) is 12.2 Å². The lowest BCUT2D eigenvalue weighted by atomic mass is 10.1. The van der Waals surface area contributed by atoms with Gasteiger partial charge in [-0.3, -0.25) is 20.2 Å². The molecule has 0 bridgehead atoms. The van der Waals surface area contributed by atoms with Crippen molar-refractivity contribution in [1.29, 1.82) is 0 Å². The quantitative estimate of drug-likeness (QED) is 0.267. The van der Waals surface area contributed by atoms with E-state index in [1.54, 1.807) is 16.6 Å². The zero-order valence-corrected chi connectivity index (χ0v) is 17.7. The van der Waals surface area contributed by atoms with Crippen LogP contribution >= 0.6 is 23.6 Å². The number of benzene rings is 2. The summed E-state index contributed by atoms with van der Waals surface area (Å²) in [6.07, 6.45) is 0.722. The minimum absolute atomic E-state index is 0.0201. The number of nitrogens with one attached hydrogen (secondary N) is 2. The smallest absolute Gasteiger partial charge is 0.282 e. The van der Waals surface area contributed by atoms with Crippen LogP contribution in [0.25, 0.3) is 15.5 Å². The van der Waals surface area contributed by atoms with Crippen LogP contribution in [0.4, 0.5) is 11.4 Å². The van der Waals surface area contributed by atoms with Crippen molar-refractivity contribution in [2.24, 2.45) is 0 Å². The monoisotopic (exact) mass is 453 g/mol. The van der Waals surface area contributed by atoms with Crippen molar-refractivity contribution in [2.75, 3.05) is 5.32 Å². The molecule has 1 amide bonds. The molecule has 0 spiro atoms. The number of nitrogens with zero attached hydrogens (tertiary/aromatic N) is 5. The summed E-state index contributed by atoms with van der Waals surface area (Å²) in [6.45, 7) is 1.99. The molecule has 0 aliphatic rings. The summed E-state index contributed by atoms with van der Waals surface area (Å²) in [5, 5.41) is 30.1. The highest BCUT2D eigenvalue weighted by atomic mass is 32.1. The van der Waals surface area contributed by atoms with Crippen LogP contribution in [0.1, 0.15) is 23.1 Å². The standard InChI is InChI=1S/C19H15N7O3S2/c1-2-15-22-23-19-25(15)24-17(31-19)11-6-5-7-12(10-11)20-18(30)21-16(27)13-8-3-4-9-14(13)26(28)29/h3-10H,2H2,1H3,(H2,20,21,27,30).